The normalized spacial score (nSPS) is 16.5. The van der Waals surface area contributed by atoms with E-state index in [0.29, 0.717) is 35.9 Å². The minimum atomic E-state index is -1.29. The summed E-state index contributed by atoms with van der Waals surface area (Å²) in [5.74, 6) is -0.885. The predicted octanol–water partition coefficient (Wildman–Crippen LogP) is 2.01. The zero-order valence-electron chi connectivity index (χ0n) is 13.2. The van der Waals surface area contributed by atoms with Gasteiger partial charge in [0.25, 0.3) is 5.91 Å². The molecule has 7 heteroatoms. The molecule has 2 aromatic rings. The summed E-state index contributed by atoms with van der Waals surface area (Å²) in [6, 6.07) is 6.85. The van der Waals surface area contributed by atoms with E-state index in [0.717, 1.165) is 0 Å². The molecule has 0 spiro atoms. The fraction of sp³-hybridized carbons (Fsp3) is 0.353. The smallest absolute Gasteiger partial charge is 0.329 e. The van der Waals surface area contributed by atoms with Gasteiger partial charge in [0.15, 0.2) is 5.76 Å². The van der Waals surface area contributed by atoms with Crippen molar-refractivity contribution in [3.8, 4) is 11.5 Å². The Balaban J connectivity index is 1.83. The number of pyridine rings is 1. The van der Waals surface area contributed by atoms with Gasteiger partial charge in [-0.3, -0.25) is 4.79 Å². The van der Waals surface area contributed by atoms with Crippen LogP contribution in [0.3, 0.4) is 0 Å². The number of hydrogen-bond donors (Lipinski definition) is 2. The highest BCUT2D eigenvalue weighted by atomic mass is 16.5. The quantitative estimate of drug-likeness (QED) is 0.889. The number of carboxylic acids is 1. The van der Waals surface area contributed by atoms with Crippen LogP contribution in [0.4, 0.5) is 0 Å². The molecular weight excluding hydrogens is 312 g/mol. The number of nitrogens with one attached hydrogen (secondary N) is 1. The highest BCUT2D eigenvalue weighted by Gasteiger charge is 2.42. The molecule has 0 aliphatic carbocycles. The van der Waals surface area contributed by atoms with Crippen molar-refractivity contribution in [2.45, 2.75) is 25.3 Å². The van der Waals surface area contributed by atoms with Gasteiger partial charge in [-0.25, -0.2) is 9.78 Å². The van der Waals surface area contributed by atoms with E-state index < -0.39 is 17.4 Å². The van der Waals surface area contributed by atoms with E-state index in [2.05, 4.69) is 10.3 Å². The molecule has 1 saturated heterocycles. The van der Waals surface area contributed by atoms with Crippen molar-refractivity contribution in [1.29, 1.82) is 0 Å². The van der Waals surface area contributed by atoms with Gasteiger partial charge in [0.2, 0.25) is 0 Å². The average Bonchev–Trinajstić information content (AvgIpc) is 3.09. The van der Waals surface area contributed by atoms with Crippen LogP contribution < -0.4 is 5.32 Å². The maximum Gasteiger partial charge on any atom is 0.329 e. The number of carboxylic acid groups (broad SMARTS) is 1. The number of aromatic nitrogens is 1. The molecule has 0 atom stereocenters. The van der Waals surface area contributed by atoms with Crippen LogP contribution in [-0.4, -0.2) is 40.7 Å². The first-order valence-electron chi connectivity index (χ1n) is 7.67. The number of ether oxygens (including phenoxy) is 1. The minimum Gasteiger partial charge on any atom is -0.480 e. The molecule has 1 aliphatic rings. The molecule has 0 bridgehead atoms. The first-order valence-corrected chi connectivity index (χ1v) is 7.67. The lowest BCUT2D eigenvalue weighted by molar-refractivity contribution is -0.148. The van der Waals surface area contributed by atoms with Crippen LogP contribution in [0.5, 0.6) is 0 Å². The summed E-state index contributed by atoms with van der Waals surface area (Å²) in [4.78, 5) is 28.6. The Morgan fingerprint density at radius 3 is 2.58 bits per heavy atom. The van der Waals surface area contributed by atoms with Crippen molar-refractivity contribution >= 4 is 11.9 Å². The van der Waals surface area contributed by atoms with E-state index in [1.54, 1.807) is 37.5 Å². The fourth-order valence-electron chi connectivity index (χ4n) is 2.76. The third kappa shape index (κ3) is 3.03. The van der Waals surface area contributed by atoms with Gasteiger partial charge in [-0.15, -0.1) is 0 Å². The minimum absolute atomic E-state index is 0.241. The first kappa shape index (κ1) is 16.2. The number of aliphatic carboxylic acids is 1. The SMILES string of the molecule is Cc1nc(-c2ccco2)ccc1C(=O)NC1(C(=O)O)CCOCC1. The van der Waals surface area contributed by atoms with Crippen molar-refractivity contribution in [1.82, 2.24) is 10.3 Å². The number of furan rings is 1. The van der Waals surface area contributed by atoms with E-state index in [1.165, 1.54) is 0 Å². The van der Waals surface area contributed by atoms with Gasteiger partial charge in [0, 0.05) is 26.1 Å². The molecule has 3 heterocycles. The number of hydrogen-bond acceptors (Lipinski definition) is 5. The molecule has 24 heavy (non-hydrogen) atoms. The predicted molar refractivity (Wildman–Crippen MR) is 84.6 cm³/mol. The Morgan fingerprint density at radius 2 is 2.00 bits per heavy atom. The van der Waals surface area contributed by atoms with Crippen LogP contribution in [0.25, 0.3) is 11.5 Å². The van der Waals surface area contributed by atoms with Crippen LogP contribution in [0.2, 0.25) is 0 Å². The number of carbonyl (C=O) groups excluding carboxylic acids is 1. The summed E-state index contributed by atoms with van der Waals surface area (Å²) >= 11 is 0. The molecule has 7 nitrogen and oxygen atoms in total. The number of carbonyl (C=O) groups is 2. The van der Waals surface area contributed by atoms with Gasteiger partial charge in [-0.05, 0) is 31.2 Å². The summed E-state index contributed by atoms with van der Waals surface area (Å²) in [7, 11) is 0. The lowest BCUT2D eigenvalue weighted by atomic mass is 9.89. The van der Waals surface area contributed by atoms with E-state index in [-0.39, 0.29) is 12.8 Å². The van der Waals surface area contributed by atoms with Crippen molar-refractivity contribution < 1.29 is 23.8 Å². The molecular formula is C17H18N2O5. The van der Waals surface area contributed by atoms with Crippen molar-refractivity contribution in [3.63, 3.8) is 0 Å². The van der Waals surface area contributed by atoms with E-state index >= 15 is 0 Å². The van der Waals surface area contributed by atoms with Crippen LogP contribution in [0, 0.1) is 6.92 Å². The topological polar surface area (TPSA) is 102 Å². The third-order valence-corrected chi connectivity index (χ3v) is 4.21. The van der Waals surface area contributed by atoms with E-state index in [9.17, 15) is 14.7 Å². The molecule has 1 fully saturated rings. The van der Waals surface area contributed by atoms with Crippen LogP contribution in [-0.2, 0) is 9.53 Å². The maximum absolute atomic E-state index is 12.6. The Kier molecular flexibility index (Phi) is 4.35. The number of aryl methyl sites for hydroxylation is 1. The molecule has 1 amide bonds. The zero-order chi connectivity index (χ0) is 17.2. The molecule has 0 aromatic carbocycles. The van der Waals surface area contributed by atoms with Gasteiger partial charge in [0.1, 0.15) is 11.2 Å². The second kappa shape index (κ2) is 6.45. The number of amides is 1. The number of rotatable bonds is 4. The average molecular weight is 330 g/mol. The lowest BCUT2D eigenvalue weighted by Gasteiger charge is -2.34. The maximum atomic E-state index is 12.6. The lowest BCUT2D eigenvalue weighted by Crippen LogP contribution is -2.57. The van der Waals surface area contributed by atoms with Gasteiger partial charge < -0.3 is 19.6 Å². The van der Waals surface area contributed by atoms with Crippen LogP contribution in [0.15, 0.2) is 34.9 Å². The van der Waals surface area contributed by atoms with Crippen molar-refractivity contribution in [2.24, 2.45) is 0 Å². The zero-order valence-corrected chi connectivity index (χ0v) is 13.2. The van der Waals surface area contributed by atoms with Crippen molar-refractivity contribution in [2.75, 3.05) is 13.2 Å². The Hall–Kier alpha value is -2.67. The second-order valence-corrected chi connectivity index (χ2v) is 5.76. The summed E-state index contributed by atoms with van der Waals surface area (Å²) in [6.07, 6.45) is 2.03. The summed E-state index contributed by atoms with van der Waals surface area (Å²) < 4.78 is 10.5. The highest BCUT2D eigenvalue weighted by Crippen LogP contribution is 2.23. The molecule has 2 aromatic heterocycles. The molecule has 0 radical (unpaired) electrons. The monoisotopic (exact) mass is 330 g/mol. The Labute approximate surface area is 138 Å². The van der Waals surface area contributed by atoms with Gasteiger partial charge in [0.05, 0.1) is 17.5 Å². The van der Waals surface area contributed by atoms with E-state index in [4.69, 9.17) is 9.15 Å². The van der Waals surface area contributed by atoms with Crippen LogP contribution >= 0.6 is 0 Å². The summed E-state index contributed by atoms with van der Waals surface area (Å²) in [5, 5.41) is 12.2. The standard InChI is InChI=1S/C17H18N2O5/c1-11-12(4-5-13(18-11)14-3-2-8-24-14)15(20)19-17(16(21)22)6-9-23-10-7-17/h2-5,8H,6-7,9-10H2,1H3,(H,19,20)(H,21,22). The first-order chi connectivity index (χ1) is 11.5. The fourth-order valence-corrected chi connectivity index (χ4v) is 2.76. The molecule has 126 valence electrons. The van der Waals surface area contributed by atoms with Gasteiger partial charge in [-0.1, -0.05) is 0 Å². The van der Waals surface area contributed by atoms with Gasteiger partial charge in [-0.2, -0.15) is 0 Å². The van der Waals surface area contributed by atoms with Crippen LogP contribution in [0.1, 0.15) is 28.9 Å². The van der Waals surface area contributed by atoms with Gasteiger partial charge >= 0.3 is 5.97 Å². The third-order valence-electron chi connectivity index (χ3n) is 4.21. The summed E-state index contributed by atoms with van der Waals surface area (Å²) in [5.41, 5.74) is 0.182. The Morgan fingerprint density at radius 1 is 1.25 bits per heavy atom. The van der Waals surface area contributed by atoms with E-state index in [1.807, 2.05) is 0 Å². The second-order valence-electron chi connectivity index (χ2n) is 5.76. The molecule has 1 aliphatic heterocycles. The molecule has 0 saturated carbocycles. The summed E-state index contributed by atoms with van der Waals surface area (Å²) in [6.45, 7) is 2.32. The van der Waals surface area contributed by atoms with Crippen molar-refractivity contribution in [3.05, 3.63) is 41.8 Å². The molecule has 2 N–H and O–H groups in total. The molecule has 0 unspecified atom stereocenters. The molecule has 3 rings (SSSR count). The largest absolute Gasteiger partial charge is 0.480 e. The highest BCUT2D eigenvalue weighted by molar-refractivity contribution is 5.98. The Bertz CT molecular complexity index is 748. The number of nitrogens with zero attached hydrogens (tertiary/aromatic N) is 1.